The molecule has 0 unspecified atom stereocenters. The van der Waals surface area contributed by atoms with Crippen LogP contribution in [0.5, 0.6) is 5.75 Å². The van der Waals surface area contributed by atoms with E-state index in [-0.39, 0.29) is 24.7 Å². The van der Waals surface area contributed by atoms with Crippen LogP contribution >= 0.6 is 0 Å². The van der Waals surface area contributed by atoms with E-state index in [9.17, 15) is 22.4 Å². The van der Waals surface area contributed by atoms with Crippen LogP contribution in [0.15, 0.2) is 85.5 Å². The quantitative estimate of drug-likeness (QED) is 0.273. The summed E-state index contributed by atoms with van der Waals surface area (Å²) in [6.45, 7) is 1.65. The number of benzene rings is 2. The smallest absolute Gasteiger partial charge is 0.274 e. The van der Waals surface area contributed by atoms with Crippen LogP contribution in [0, 0.1) is 5.82 Å². The Morgan fingerprint density at radius 2 is 1.69 bits per heavy atom. The summed E-state index contributed by atoms with van der Waals surface area (Å²) in [6, 6.07) is 16.3. The lowest BCUT2D eigenvalue weighted by atomic mass is 10.2. The second-order valence-electron chi connectivity index (χ2n) is 11.7. The molecule has 49 heavy (non-hydrogen) atoms. The maximum atomic E-state index is 14.1. The monoisotopic (exact) mass is 688 g/mol. The average Bonchev–Trinajstić information content (AvgIpc) is 3.74. The number of fused-ring (bicyclic) bond motifs is 5. The van der Waals surface area contributed by atoms with Gasteiger partial charge in [0.25, 0.3) is 5.91 Å². The standard InChI is InChI=1S/C34H37FN8O5S/c1-49(46,47)42(28-10-5-9-27(35)23-28)25-32(44)39-15-2-3-16-41(34(45)30-24-37-31-12-6-13-38-43(30)31)20-21-48-29-11-4-8-26(22-29)33-36-14-19-40(33)18-7-17-39/h4-6,8-14,19,22-24H,2-3,7,15-18,20-21,25H2,1H3. The molecule has 2 bridgehead atoms. The highest BCUT2D eigenvalue weighted by molar-refractivity contribution is 7.92. The fourth-order valence-electron chi connectivity index (χ4n) is 5.85. The molecule has 0 aliphatic carbocycles. The number of sulfonamides is 1. The maximum Gasteiger partial charge on any atom is 0.274 e. The minimum Gasteiger partial charge on any atom is -0.492 e. The number of rotatable bonds is 5. The van der Waals surface area contributed by atoms with Crippen molar-refractivity contribution in [3.63, 3.8) is 0 Å². The van der Waals surface area contributed by atoms with Gasteiger partial charge in [0.1, 0.15) is 30.5 Å². The van der Waals surface area contributed by atoms with Crippen LogP contribution in [0.3, 0.4) is 0 Å². The van der Waals surface area contributed by atoms with E-state index in [1.807, 2.05) is 35.0 Å². The number of ether oxygens (including phenoxy) is 1. The minimum atomic E-state index is -3.90. The summed E-state index contributed by atoms with van der Waals surface area (Å²) in [6.07, 6.45) is 9.34. The molecule has 0 fully saturated rings. The van der Waals surface area contributed by atoms with Crippen molar-refractivity contribution < 1.29 is 27.1 Å². The predicted molar refractivity (Wildman–Crippen MR) is 181 cm³/mol. The Morgan fingerprint density at radius 3 is 2.51 bits per heavy atom. The van der Waals surface area contributed by atoms with Crippen LogP contribution in [0.4, 0.5) is 10.1 Å². The first-order valence-corrected chi connectivity index (χ1v) is 17.9. The van der Waals surface area contributed by atoms with E-state index < -0.39 is 28.3 Å². The Kier molecular flexibility index (Phi) is 10.2. The Bertz CT molecular complexity index is 2050. The summed E-state index contributed by atoms with van der Waals surface area (Å²) < 4.78 is 50.1. The molecule has 2 aromatic carbocycles. The Morgan fingerprint density at radius 1 is 0.898 bits per heavy atom. The molecular weight excluding hydrogens is 651 g/mol. The van der Waals surface area contributed by atoms with Gasteiger partial charge < -0.3 is 19.1 Å². The highest BCUT2D eigenvalue weighted by Gasteiger charge is 2.25. The van der Waals surface area contributed by atoms with E-state index in [0.29, 0.717) is 62.5 Å². The van der Waals surface area contributed by atoms with Crippen molar-refractivity contribution in [2.24, 2.45) is 0 Å². The maximum absolute atomic E-state index is 14.1. The van der Waals surface area contributed by atoms with Gasteiger partial charge in [0.2, 0.25) is 15.9 Å². The largest absolute Gasteiger partial charge is 0.492 e. The van der Waals surface area contributed by atoms with Gasteiger partial charge in [-0.25, -0.2) is 27.3 Å². The number of hydrogen-bond acceptors (Lipinski definition) is 8. The van der Waals surface area contributed by atoms with Crippen molar-refractivity contribution >= 4 is 33.2 Å². The molecule has 256 valence electrons. The molecule has 1 aliphatic rings. The molecular formula is C34H37FN8O5S. The van der Waals surface area contributed by atoms with Crippen molar-refractivity contribution in [3.8, 4) is 17.1 Å². The van der Waals surface area contributed by atoms with Crippen LogP contribution < -0.4 is 9.04 Å². The van der Waals surface area contributed by atoms with Gasteiger partial charge in [-0.05, 0) is 61.7 Å². The first kappa shape index (κ1) is 33.6. The van der Waals surface area contributed by atoms with Crippen LogP contribution in [-0.4, -0.2) is 99.8 Å². The lowest BCUT2D eigenvalue weighted by molar-refractivity contribution is -0.129. The number of hydrogen-bond donors (Lipinski definition) is 0. The number of aromatic nitrogens is 5. The summed E-state index contributed by atoms with van der Waals surface area (Å²) in [4.78, 5) is 39.8. The molecule has 6 rings (SSSR count). The molecule has 1 aliphatic heterocycles. The molecule has 0 N–H and O–H groups in total. The van der Waals surface area contributed by atoms with E-state index in [1.165, 1.54) is 28.9 Å². The number of halogens is 1. The second kappa shape index (κ2) is 14.8. The van der Waals surface area contributed by atoms with Crippen molar-refractivity contribution in [1.82, 2.24) is 33.9 Å². The van der Waals surface area contributed by atoms with Crippen molar-refractivity contribution in [3.05, 3.63) is 97.0 Å². The SMILES string of the molecule is CS(=O)(=O)N(CC(=O)N1CCCCN(C(=O)c2cnc3cccnn23)CCOc2cccc(c2)-c2nccn2CCC1)c1cccc(F)c1. The van der Waals surface area contributed by atoms with E-state index in [1.54, 1.807) is 34.3 Å². The highest BCUT2D eigenvalue weighted by atomic mass is 32.2. The number of carbonyl (C=O) groups excluding carboxylic acids is 2. The minimum absolute atomic E-state index is 0.0740. The van der Waals surface area contributed by atoms with E-state index in [2.05, 4.69) is 15.1 Å². The first-order chi connectivity index (χ1) is 23.7. The van der Waals surface area contributed by atoms with Crippen molar-refractivity contribution in [1.29, 1.82) is 0 Å². The van der Waals surface area contributed by atoms with Gasteiger partial charge in [0.15, 0.2) is 11.3 Å². The van der Waals surface area contributed by atoms with Gasteiger partial charge in [0.05, 0.1) is 24.7 Å². The Labute approximate surface area is 283 Å². The number of amides is 2. The molecule has 0 spiro atoms. The number of carbonyl (C=O) groups is 2. The van der Waals surface area contributed by atoms with Crippen LogP contribution in [0.1, 0.15) is 29.8 Å². The second-order valence-corrected chi connectivity index (χ2v) is 13.6. The highest BCUT2D eigenvalue weighted by Crippen LogP contribution is 2.24. The molecule has 0 saturated heterocycles. The van der Waals surface area contributed by atoms with E-state index in [4.69, 9.17) is 4.74 Å². The Hall–Kier alpha value is -5.31. The number of imidazole rings is 2. The Balaban J connectivity index is 1.25. The third kappa shape index (κ3) is 8.05. The zero-order valence-corrected chi connectivity index (χ0v) is 27.9. The summed E-state index contributed by atoms with van der Waals surface area (Å²) in [5.41, 5.74) is 1.80. The van der Waals surface area contributed by atoms with Gasteiger partial charge in [0, 0.05) is 50.3 Å². The molecule has 4 heterocycles. The van der Waals surface area contributed by atoms with Crippen LogP contribution in [-0.2, 0) is 21.4 Å². The third-order valence-electron chi connectivity index (χ3n) is 8.28. The van der Waals surface area contributed by atoms with Gasteiger partial charge >= 0.3 is 0 Å². The topological polar surface area (TPSA) is 135 Å². The van der Waals surface area contributed by atoms with Crippen molar-refractivity contribution in [2.75, 3.05) is 49.9 Å². The molecule has 0 atom stereocenters. The molecule has 15 heteroatoms. The van der Waals surface area contributed by atoms with Gasteiger partial charge in [-0.15, -0.1) is 0 Å². The third-order valence-corrected chi connectivity index (χ3v) is 9.42. The summed E-state index contributed by atoms with van der Waals surface area (Å²) in [7, 11) is -3.90. The first-order valence-electron chi connectivity index (χ1n) is 16.0. The fourth-order valence-corrected chi connectivity index (χ4v) is 6.69. The number of anilines is 1. The van der Waals surface area contributed by atoms with E-state index in [0.717, 1.165) is 28.0 Å². The molecule has 5 aromatic rings. The van der Waals surface area contributed by atoms with Gasteiger partial charge in [-0.2, -0.15) is 5.10 Å². The summed E-state index contributed by atoms with van der Waals surface area (Å²) in [5, 5.41) is 4.29. The molecule has 13 nitrogen and oxygen atoms in total. The van der Waals surface area contributed by atoms with Gasteiger partial charge in [-0.3, -0.25) is 13.9 Å². The van der Waals surface area contributed by atoms with Crippen LogP contribution in [0.25, 0.3) is 17.0 Å². The van der Waals surface area contributed by atoms with E-state index >= 15 is 0 Å². The zero-order valence-electron chi connectivity index (χ0n) is 27.1. The number of nitrogens with zero attached hydrogens (tertiary/aromatic N) is 8. The zero-order chi connectivity index (χ0) is 34.4. The fraction of sp³-hybridized carbons (Fsp3) is 0.324. The lowest BCUT2D eigenvalue weighted by Crippen LogP contribution is -2.44. The van der Waals surface area contributed by atoms with Gasteiger partial charge in [-0.1, -0.05) is 18.2 Å². The summed E-state index contributed by atoms with van der Waals surface area (Å²) >= 11 is 0. The lowest BCUT2D eigenvalue weighted by Gasteiger charge is -2.28. The van der Waals surface area contributed by atoms with Crippen molar-refractivity contribution in [2.45, 2.75) is 25.8 Å². The summed E-state index contributed by atoms with van der Waals surface area (Å²) in [5.74, 6) is 0.106. The molecule has 0 saturated carbocycles. The predicted octanol–water partition coefficient (Wildman–Crippen LogP) is 3.73. The average molecular weight is 689 g/mol. The molecule has 0 radical (unpaired) electrons. The number of aryl methyl sites for hydroxylation is 1. The normalized spacial score (nSPS) is 14.9. The molecule has 3 aromatic heterocycles. The molecule has 2 amide bonds. The van der Waals surface area contributed by atoms with Crippen LogP contribution in [0.2, 0.25) is 0 Å².